The van der Waals surface area contributed by atoms with Crippen molar-refractivity contribution in [2.45, 2.75) is 77.9 Å². The third-order valence-corrected chi connectivity index (χ3v) is 5.12. The van der Waals surface area contributed by atoms with E-state index in [0.717, 1.165) is 30.0 Å². The van der Waals surface area contributed by atoms with Crippen molar-refractivity contribution in [1.29, 1.82) is 0 Å². The summed E-state index contributed by atoms with van der Waals surface area (Å²) in [7, 11) is 0. The molecule has 106 valence electrons. The van der Waals surface area contributed by atoms with Crippen molar-refractivity contribution in [3.8, 4) is 0 Å². The lowest BCUT2D eigenvalue weighted by molar-refractivity contribution is 0.0404. The fraction of sp³-hybridized carbons (Fsp3) is 1.00. The zero-order valence-corrected chi connectivity index (χ0v) is 12.8. The summed E-state index contributed by atoms with van der Waals surface area (Å²) in [5.41, 5.74) is 0. The van der Waals surface area contributed by atoms with Crippen LogP contribution in [0.2, 0.25) is 0 Å². The Morgan fingerprint density at radius 2 is 2.06 bits per heavy atom. The molecule has 2 aliphatic rings. The Kier molecular flexibility index (Phi) is 5.08. The number of hydrogen-bond donors (Lipinski definition) is 1. The van der Waals surface area contributed by atoms with Crippen molar-refractivity contribution in [1.82, 2.24) is 10.2 Å². The summed E-state index contributed by atoms with van der Waals surface area (Å²) in [6, 6.07) is 2.35. The molecule has 4 unspecified atom stereocenters. The van der Waals surface area contributed by atoms with Crippen LogP contribution in [0.4, 0.5) is 0 Å². The Hall–Kier alpha value is -0.0800. The molecule has 0 spiro atoms. The van der Waals surface area contributed by atoms with Gasteiger partial charge in [0.2, 0.25) is 0 Å². The van der Waals surface area contributed by atoms with E-state index in [9.17, 15) is 0 Å². The summed E-state index contributed by atoms with van der Waals surface area (Å²) < 4.78 is 0. The summed E-state index contributed by atoms with van der Waals surface area (Å²) >= 11 is 0. The van der Waals surface area contributed by atoms with Crippen molar-refractivity contribution < 1.29 is 0 Å². The van der Waals surface area contributed by atoms with Gasteiger partial charge in [-0.05, 0) is 31.1 Å². The van der Waals surface area contributed by atoms with Crippen LogP contribution in [0.1, 0.15) is 59.8 Å². The predicted molar refractivity (Wildman–Crippen MR) is 78.8 cm³/mol. The first kappa shape index (κ1) is 14.3. The number of nitrogens with zero attached hydrogens (tertiary/aromatic N) is 1. The minimum atomic E-state index is 0.734. The minimum absolute atomic E-state index is 0.734. The second-order valence-electron chi connectivity index (χ2n) is 6.88. The molecule has 2 nitrogen and oxygen atoms in total. The average molecular weight is 252 g/mol. The van der Waals surface area contributed by atoms with Crippen molar-refractivity contribution in [2.24, 2.45) is 11.8 Å². The number of nitrogens with one attached hydrogen (secondary N) is 1. The first-order valence-corrected chi connectivity index (χ1v) is 8.12. The van der Waals surface area contributed by atoms with Gasteiger partial charge in [-0.2, -0.15) is 0 Å². The van der Waals surface area contributed by atoms with Crippen molar-refractivity contribution in [3.05, 3.63) is 0 Å². The van der Waals surface area contributed by atoms with Gasteiger partial charge in [0.15, 0.2) is 0 Å². The molecule has 1 N–H and O–H groups in total. The molecule has 0 aromatic carbocycles. The van der Waals surface area contributed by atoms with Gasteiger partial charge in [-0.25, -0.2) is 0 Å². The van der Waals surface area contributed by atoms with Crippen LogP contribution in [0.25, 0.3) is 0 Å². The molecule has 0 amide bonds. The molecular formula is C16H32N2. The third kappa shape index (κ3) is 3.08. The smallest absolute Gasteiger partial charge is 0.0247 e. The summed E-state index contributed by atoms with van der Waals surface area (Å²) in [6.45, 7) is 12.0. The standard InChI is InChI=1S/C16H32N2/c1-5-7-14-11-18(15-9-6-8-13(15)4)16(10-17-14)12(2)3/h12-17H,5-11H2,1-4H3. The predicted octanol–water partition coefficient (Wildman–Crippen LogP) is 3.27. The van der Waals surface area contributed by atoms with E-state index in [2.05, 4.69) is 37.9 Å². The molecule has 1 heterocycles. The van der Waals surface area contributed by atoms with Crippen LogP contribution < -0.4 is 5.32 Å². The normalized spacial score (nSPS) is 38.5. The molecule has 2 heteroatoms. The molecule has 0 bridgehead atoms. The highest BCUT2D eigenvalue weighted by Crippen LogP contribution is 2.33. The highest BCUT2D eigenvalue weighted by atomic mass is 15.3. The molecule has 2 fully saturated rings. The van der Waals surface area contributed by atoms with E-state index in [1.54, 1.807) is 0 Å². The van der Waals surface area contributed by atoms with E-state index in [4.69, 9.17) is 0 Å². The number of rotatable bonds is 4. The summed E-state index contributed by atoms with van der Waals surface area (Å²) in [5, 5.41) is 3.78. The molecule has 2 rings (SSSR count). The largest absolute Gasteiger partial charge is 0.311 e. The molecule has 0 aromatic heterocycles. The highest BCUT2D eigenvalue weighted by Gasteiger charge is 2.37. The zero-order chi connectivity index (χ0) is 13.1. The Morgan fingerprint density at radius 3 is 2.61 bits per heavy atom. The third-order valence-electron chi connectivity index (χ3n) is 5.12. The molecule has 1 saturated heterocycles. The van der Waals surface area contributed by atoms with Crippen LogP contribution in [-0.4, -0.2) is 36.1 Å². The second kappa shape index (κ2) is 6.38. The minimum Gasteiger partial charge on any atom is -0.311 e. The molecule has 18 heavy (non-hydrogen) atoms. The fourth-order valence-electron chi connectivity index (χ4n) is 4.02. The molecule has 1 saturated carbocycles. The maximum absolute atomic E-state index is 3.78. The average Bonchev–Trinajstić information content (AvgIpc) is 2.75. The number of hydrogen-bond acceptors (Lipinski definition) is 2. The molecule has 0 aromatic rings. The van der Waals surface area contributed by atoms with Gasteiger partial charge in [-0.1, -0.05) is 40.5 Å². The van der Waals surface area contributed by atoms with E-state index in [0.29, 0.717) is 0 Å². The lowest BCUT2D eigenvalue weighted by Gasteiger charge is -2.47. The Bertz CT molecular complexity index is 249. The van der Waals surface area contributed by atoms with E-state index in [1.165, 1.54) is 45.2 Å². The molecule has 4 atom stereocenters. The van der Waals surface area contributed by atoms with Crippen molar-refractivity contribution >= 4 is 0 Å². The lowest BCUT2D eigenvalue weighted by Crippen LogP contribution is -2.61. The van der Waals surface area contributed by atoms with Crippen LogP contribution in [-0.2, 0) is 0 Å². The van der Waals surface area contributed by atoms with Gasteiger partial charge in [-0.15, -0.1) is 0 Å². The van der Waals surface area contributed by atoms with Crippen LogP contribution in [0.3, 0.4) is 0 Å². The van der Waals surface area contributed by atoms with Crippen LogP contribution in [0.15, 0.2) is 0 Å². The van der Waals surface area contributed by atoms with Gasteiger partial charge in [0.1, 0.15) is 0 Å². The SMILES string of the molecule is CCCC1CN(C2CCCC2C)C(C(C)C)CN1. The monoisotopic (exact) mass is 252 g/mol. The Balaban J connectivity index is 2.04. The summed E-state index contributed by atoms with van der Waals surface area (Å²) in [5.74, 6) is 1.68. The fourth-order valence-corrected chi connectivity index (χ4v) is 4.02. The lowest BCUT2D eigenvalue weighted by atomic mass is 9.92. The van der Waals surface area contributed by atoms with E-state index in [1.807, 2.05) is 0 Å². The second-order valence-corrected chi connectivity index (χ2v) is 6.88. The van der Waals surface area contributed by atoms with E-state index >= 15 is 0 Å². The Morgan fingerprint density at radius 1 is 1.28 bits per heavy atom. The summed E-state index contributed by atoms with van der Waals surface area (Å²) in [4.78, 5) is 2.87. The highest BCUT2D eigenvalue weighted by molar-refractivity contribution is 4.94. The Labute approximate surface area is 114 Å². The molecule has 0 radical (unpaired) electrons. The summed E-state index contributed by atoms with van der Waals surface area (Å²) in [6.07, 6.45) is 6.96. The van der Waals surface area contributed by atoms with Crippen LogP contribution in [0.5, 0.6) is 0 Å². The quantitative estimate of drug-likeness (QED) is 0.826. The maximum Gasteiger partial charge on any atom is 0.0247 e. The van der Waals surface area contributed by atoms with E-state index < -0.39 is 0 Å². The first-order chi connectivity index (χ1) is 8.63. The van der Waals surface area contributed by atoms with Gasteiger partial charge in [0, 0.05) is 31.2 Å². The van der Waals surface area contributed by atoms with Crippen LogP contribution in [0, 0.1) is 11.8 Å². The molecule has 1 aliphatic carbocycles. The van der Waals surface area contributed by atoms with Crippen molar-refractivity contribution in [3.63, 3.8) is 0 Å². The van der Waals surface area contributed by atoms with Gasteiger partial charge in [0.05, 0.1) is 0 Å². The van der Waals surface area contributed by atoms with Crippen LogP contribution >= 0.6 is 0 Å². The zero-order valence-electron chi connectivity index (χ0n) is 12.8. The number of piperazine rings is 1. The topological polar surface area (TPSA) is 15.3 Å². The van der Waals surface area contributed by atoms with Gasteiger partial charge < -0.3 is 5.32 Å². The van der Waals surface area contributed by atoms with Gasteiger partial charge >= 0.3 is 0 Å². The first-order valence-electron chi connectivity index (χ1n) is 8.12. The van der Waals surface area contributed by atoms with Crippen molar-refractivity contribution in [2.75, 3.05) is 13.1 Å². The van der Waals surface area contributed by atoms with Gasteiger partial charge in [0.25, 0.3) is 0 Å². The molecule has 1 aliphatic heterocycles. The molecular weight excluding hydrogens is 220 g/mol. The van der Waals surface area contributed by atoms with Gasteiger partial charge in [-0.3, -0.25) is 4.90 Å². The van der Waals surface area contributed by atoms with E-state index in [-0.39, 0.29) is 0 Å². The maximum atomic E-state index is 3.78.